The van der Waals surface area contributed by atoms with E-state index in [1.54, 1.807) is 14.2 Å². The van der Waals surface area contributed by atoms with Crippen LogP contribution in [0.3, 0.4) is 0 Å². The van der Waals surface area contributed by atoms with Gasteiger partial charge in [0.2, 0.25) is 0 Å². The molecule has 0 aromatic rings. The zero-order valence-corrected chi connectivity index (χ0v) is 22.8. The van der Waals surface area contributed by atoms with Crippen molar-refractivity contribution in [2.24, 2.45) is 0 Å². The van der Waals surface area contributed by atoms with Gasteiger partial charge in [0.1, 0.15) is 12.6 Å². The van der Waals surface area contributed by atoms with Gasteiger partial charge in [0.25, 0.3) is 0 Å². The molecule has 35 heavy (non-hydrogen) atoms. The van der Waals surface area contributed by atoms with E-state index in [-0.39, 0.29) is 0 Å². The van der Waals surface area contributed by atoms with Crippen molar-refractivity contribution in [3.05, 3.63) is 24.3 Å². The first-order valence-electron chi connectivity index (χ1n) is 14.2. The molecule has 0 aromatic heterocycles. The summed E-state index contributed by atoms with van der Waals surface area (Å²) in [5, 5.41) is 0. The molecule has 5 heteroatoms. The summed E-state index contributed by atoms with van der Waals surface area (Å²) in [6.07, 6.45) is 32.5. The number of rotatable bonds is 28. The summed E-state index contributed by atoms with van der Waals surface area (Å²) in [4.78, 5) is 20.6. The van der Waals surface area contributed by atoms with E-state index in [1.165, 1.54) is 89.9 Å². The minimum Gasteiger partial charge on any atom is -0.352 e. The highest BCUT2D eigenvalue weighted by Crippen LogP contribution is 2.13. The quantitative estimate of drug-likeness (QED) is 0.0474. The molecule has 0 saturated carbocycles. The molecule has 0 heterocycles. The lowest BCUT2D eigenvalue weighted by Gasteiger charge is -2.18. The first kappa shape index (κ1) is 33.7. The van der Waals surface area contributed by atoms with Crippen LogP contribution in [0, 0.1) is 0 Å². The largest absolute Gasteiger partial charge is 0.352 e. The lowest BCUT2D eigenvalue weighted by molar-refractivity contribution is -0.188. The van der Waals surface area contributed by atoms with Crippen LogP contribution in [0.5, 0.6) is 0 Å². The first-order valence-corrected chi connectivity index (χ1v) is 14.2. The lowest BCUT2D eigenvalue weighted by atomic mass is 10.1. The van der Waals surface area contributed by atoms with Crippen LogP contribution < -0.4 is 0 Å². The number of ether oxygens (including phenoxy) is 3. The highest BCUT2D eigenvalue weighted by atomic mass is 16.8. The Morgan fingerprint density at radius 1 is 0.457 bits per heavy atom. The number of hydrogen-bond acceptors (Lipinski definition) is 5. The van der Waals surface area contributed by atoms with Crippen molar-refractivity contribution in [2.75, 3.05) is 14.2 Å². The van der Waals surface area contributed by atoms with E-state index >= 15 is 0 Å². The summed E-state index contributed by atoms with van der Waals surface area (Å²) < 4.78 is 16.8. The monoisotopic (exact) mass is 494 g/mol. The summed E-state index contributed by atoms with van der Waals surface area (Å²) in [6, 6.07) is 0. The van der Waals surface area contributed by atoms with E-state index in [0.717, 1.165) is 38.3 Å². The SMILES string of the molecule is COC(C=CCCCCCCCCCCC=O)OC(C=CCCCCCCCCCCC=O)OC. The summed E-state index contributed by atoms with van der Waals surface area (Å²) in [5.74, 6) is 0. The summed E-state index contributed by atoms with van der Waals surface area (Å²) in [5.41, 5.74) is 0. The van der Waals surface area contributed by atoms with Gasteiger partial charge in [-0.2, -0.15) is 0 Å². The van der Waals surface area contributed by atoms with Crippen LogP contribution in [-0.2, 0) is 23.8 Å². The summed E-state index contributed by atoms with van der Waals surface area (Å²) in [6.45, 7) is 0. The summed E-state index contributed by atoms with van der Waals surface area (Å²) in [7, 11) is 3.31. The van der Waals surface area contributed by atoms with E-state index in [1.807, 2.05) is 12.2 Å². The summed E-state index contributed by atoms with van der Waals surface area (Å²) >= 11 is 0. The van der Waals surface area contributed by atoms with Gasteiger partial charge in [-0.1, -0.05) is 89.2 Å². The fourth-order valence-electron chi connectivity index (χ4n) is 4.01. The van der Waals surface area contributed by atoms with Crippen molar-refractivity contribution >= 4 is 12.6 Å². The normalized spacial score (nSPS) is 13.5. The second-order valence-corrected chi connectivity index (χ2v) is 9.35. The number of unbranched alkanes of at least 4 members (excludes halogenated alkanes) is 18. The number of hydrogen-bond donors (Lipinski definition) is 0. The molecule has 0 spiro atoms. The highest BCUT2D eigenvalue weighted by molar-refractivity contribution is 5.49. The third-order valence-corrected chi connectivity index (χ3v) is 6.20. The molecule has 0 aliphatic heterocycles. The number of methoxy groups -OCH3 is 2. The molecular formula is C30H54O5. The first-order chi connectivity index (χ1) is 17.3. The van der Waals surface area contributed by atoms with Crippen LogP contribution in [0.15, 0.2) is 24.3 Å². The average molecular weight is 495 g/mol. The smallest absolute Gasteiger partial charge is 0.179 e. The van der Waals surface area contributed by atoms with Gasteiger partial charge in [-0.15, -0.1) is 0 Å². The molecule has 0 fully saturated rings. The van der Waals surface area contributed by atoms with E-state index in [2.05, 4.69) is 12.2 Å². The number of aldehydes is 2. The zero-order valence-electron chi connectivity index (χ0n) is 22.8. The second-order valence-electron chi connectivity index (χ2n) is 9.35. The Morgan fingerprint density at radius 2 is 0.743 bits per heavy atom. The van der Waals surface area contributed by atoms with Crippen LogP contribution in [0.2, 0.25) is 0 Å². The van der Waals surface area contributed by atoms with Crippen molar-refractivity contribution in [1.29, 1.82) is 0 Å². The predicted octanol–water partition coefficient (Wildman–Crippen LogP) is 8.26. The van der Waals surface area contributed by atoms with E-state index in [9.17, 15) is 9.59 Å². The van der Waals surface area contributed by atoms with Gasteiger partial charge in [-0.3, -0.25) is 0 Å². The van der Waals surface area contributed by atoms with Gasteiger partial charge in [-0.25, -0.2) is 0 Å². The highest BCUT2D eigenvalue weighted by Gasteiger charge is 2.10. The minimum atomic E-state index is -0.400. The topological polar surface area (TPSA) is 61.8 Å². The Labute approximate surface area is 216 Å². The van der Waals surface area contributed by atoms with Crippen LogP contribution in [0.1, 0.15) is 128 Å². The van der Waals surface area contributed by atoms with Crippen molar-refractivity contribution in [2.45, 2.75) is 141 Å². The molecule has 0 aromatic carbocycles. The number of allylic oxidation sites excluding steroid dienone is 2. The standard InChI is InChI=1S/C30H54O5/c1-33-29(25-21-17-13-9-5-3-7-11-15-19-23-27-31)35-30(34-2)26-22-18-14-10-6-4-8-12-16-20-24-28-32/h21-22,25-30H,3-20,23-24H2,1-2H3. The van der Waals surface area contributed by atoms with E-state index in [0.29, 0.717) is 12.8 Å². The minimum absolute atomic E-state index is 0.400. The van der Waals surface area contributed by atoms with Gasteiger partial charge < -0.3 is 23.8 Å². The maximum absolute atomic E-state index is 10.3. The molecule has 0 N–H and O–H groups in total. The van der Waals surface area contributed by atoms with E-state index in [4.69, 9.17) is 14.2 Å². The third kappa shape index (κ3) is 25.6. The van der Waals surface area contributed by atoms with Gasteiger partial charge in [0, 0.05) is 27.1 Å². The second kappa shape index (κ2) is 28.9. The lowest BCUT2D eigenvalue weighted by Crippen LogP contribution is -2.22. The maximum atomic E-state index is 10.3. The third-order valence-electron chi connectivity index (χ3n) is 6.20. The predicted molar refractivity (Wildman–Crippen MR) is 145 cm³/mol. The molecule has 2 unspecified atom stereocenters. The van der Waals surface area contributed by atoms with Crippen LogP contribution in [0.25, 0.3) is 0 Å². The zero-order chi connectivity index (χ0) is 25.7. The van der Waals surface area contributed by atoms with Crippen LogP contribution in [-0.4, -0.2) is 39.4 Å². The molecule has 0 radical (unpaired) electrons. The Bertz CT molecular complexity index is 459. The molecular weight excluding hydrogens is 440 g/mol. The maximum Gasteiger partial charge on any atom is 0.179 e. The fraction of sp³-hybridized carbons (Fsp3) is 0.800. The van der Waals surface area contributed by atoms with Crippen molar-refractivity contribution in [1.82, 2.24) is 0 Å². The molecule has 0 amide bonds. The van der Waals surface area contributed by atoms with Crippen molar-refractivity contribution in [3.8, 4) is 0 Å². The Balaban J connectivity index is 3.75. The fourth-order valence-corrected chi connectivity index (χ4v) is 4.01. The van der Waals surface area contributed by atoms with Crippen LogP contribution in [0.4, 0.5) is 0 Å². The van der Waals surface area contributed by atoms with Crippen molar-refractivity contribution in [3.63, 3.8) is 0 Å². The van der Waals surface area contributed by atoms with E-state index < -0.39 is 12.6 Å². The van der Waals surface area contributed by atoms with Gasteiger partial charge >= 0.3 is 0 Å². The van der Waals surface area contributed by atoms with Crippen molar-refractivity contribution < 1.29 is 23.8 Å². The molecule has 0 aliphatic carbocycles. The molecule has 5 nitrogen and oxygen atoms in total. The molecule has 0 aliphatic rings. The Kier molecular flexibility index (Phi) is 27.9. The van der Waals surface area contributed by atoms with Crippen LogP contribution >= 0.6 is 0 Å². The van der Waals surface area contributed by atoms with Gasteiger partial charge in [0.05, 0.1) is 0 Å². The molecule has 204 valence electrons. The Hall–Kier alpha value is -1.30. The van der Waals surface area contributed by atoms with Gasteiger partial charge in [0.15, 0.2) is 12.6 Å². The molecule has 0 bridgehead atoms. The number of carbonyl (C=O) groups excluding carboxylic acids is 2. The molecule has 0 saturated heterocycles. The number of carbonyl (C=O) groups is 2. The Morgan fingerprint density at radius 3 is 1.03 bits per heavy atom. The molecule has 2 atom stereocenters. The molecule has 0 rings (SSSR count). The van der Waals surface area contributed by atoms with Gasteiger partial charge in [-0.05, 0) is 50.7 Å². The average Bonchev–Trinajstić information content (AvgIpc) is 2.88.